The molecule has 0 spiro atoms. The van der Waals surface area contributed by atoms with Gasteiger partial charge in [-0.15, -0.1) is 0 Å². The minimum atomic E-state index is -0.881. The van der Waals surface area contributed by atoms with Crippen LogP contribution in [0.5, 0.6) is 5.75 Å². The molecular weight excluding hydrogens is 300 g/mol. The number of carbonyl (C=O) groups is 1. The van der Waals surface area contributed by atoms with Gasteiger partial charge in [0.15, 0.2) is 0 Å². The lowest BCUT2D eigenvalue weighted by molar-refractivity contribution is -0.131. The van der Waals surface area contributed by atoms with Crippen LogP contribution in [0.4, 0.5) is 0 Å². The lowest BCUT2D eigenvalue weighted by Crippen LogP contribution is -1.95. The van der Waals surface area contributed by atoms with Crippen LogP contribution in [0.3, 0.4) is 0 Å². The van der Waals surface area contributed by atoms with E-state index in [1.165, 1.54) is 33.9 Å². The summed E-state index contributed by atoms with van der Waals surface area (Å²) in [5.74, 6) is 0.0454. The number of carboxylic acids is 1. The first kappa shape index (κ1) is 19.8. The van der Waals surface area contributed by atoms with E-state index in [0.29, 0.717) is 0 Å². The molecular formula is C21H28O3. The molecule has 3 heteroatoms. The molecule has 0 aromatic heterocycles. The van der Waals surface area contributed by atoms with Crippen molar-refractivity contribution < 1.29 is 14.6 Å². The fourth-order valence-corrected chi connectivity index (χ4v) is 2.63. The van der Waals surface area contributed by atoms with Crippen molar-refractivity contribution >= 4 is 12.0 Å². The van der Waals surface area contributed by atoms with E-state index in [-0.39, 0.29) is 0 Å². The fourth-order valence-electron chi connectivity index (χ4n) is 2.63. The van der Waals surface area contributed by atoms with E-state index >= 15 is 0 Å². The third kappa shape index (κ3) is 5.73. The summed E-state index contributed by atoms with van der Waals surface area (Å²) in [6, 6.07) is 2.07. The van der Waals surface area contributed by atoms with Gasteiger partial charge in [-0.25, -0.2) is 4.79 Å². The maximum Gasteiger partial charge on any atom is 0.328 e. The van der Waals surface area contributed by atoms with E-state index in [4.69, 9.17) is 9.84 Å². The molecule has 1 aromatic rings. The summed E-state index contributed by atoms with van der Waals surface area (Å²) in [6.07, 6.45) is 9.26. The molecule has 1 N–H and O–H groups in total. The lowest BCUT2D eigenvalue weighted by Gasteiger charge is -2.13. The molecule has 0 amide bonds. The Morgan fingerprint density at radius 3 is 2.46 bits per heavy atom. The van der Waals surface area contributed by atoms with Crippen molar-refractivity contribution in [2.45, 2.75) is 47.5 Å². The Balaban J connectivity index is 2.84. The molecule has 0 radical (unpaired) electrons. The van der Waals surface area contributed by atoms with Gasteiger partial charge in [-0.05, 0) is 75.8 Å². The summed E-state index contributed by atoms with van der Waals surface area (Å²) < 4.78 is 5.41. The number of benzene rings is 1. The Kier molecular flexibility index (Phi) is 7.50. The van der Waals surface area contributed by atoms with Crippen molar-refractivity contribution in [1.82, 2.24) is 0 Å². The van der Waals surface area contributed by atoms with Crippen molar-refractivity contribution in [3.63, 3.8) is 0 Å². The van der Waals surface area contributed by atoms with Gasteiger partial charge < -0.3 is 9.84 Å². The topological polar surface area (TPSA) is 46.5 Å². The summed E-state index contributed by atoms with van der Waals surface area (Å²) in [6.45, 7) is 10.2. The van der Waals surface area contributed by atoms with Crippen LogP contribution < -0.4 is 4.74 Å². The van der Waals surface area contributed by atoms with E-state index in [9.17, 15) is 4.79 Å². The second kappa shape index (κ2) is 9.11. The molecule has 0 aliphatic heterocycles. The first-order valence-electron chi connectivity index (χ1n) is 8.16. The summed E-state index contributed by atoms with van der Waals surface area (Å²) in [5, 5.41) is 8.70. The summed E-state index contributed by atoms with van der Waals surface area (Å²) in [4.78, 5) is 10.6. The van der Waals surface area contributed by atoms with Crippen LogP contribution in [-0.2, 0) is 4.79 Å². The highest BCUT2D eigenvalue weighted by atomic mass is 16.5. The summed E-state index contributed by atoms with van der Waals surface area (Å²) in [7, 11) is 1.70. The molecule has 1 aromatic carbocycles. The van der Waals surface area contributed by atoms with Gasteiger partial charge in [0.25, 0.3) is 0 Å². The number of allylic oxidation sites excluding steroid dienone is 4. The third-order valence-electron chi connectivity index (χ3n) is 4.22. The number of rotatable bonds is 7. The number of carboxylic acid groups (broad SMARTS) is 1. The second-order valence-electron chi connectivity index (χ2n) is 6.21. The Bertz CT molecular complexity index is 692. The van der Waals surface area contributed by atoms with Crippen molar-refractivity contribution in [2.75, 3.05) is 7.11 Å². The van der Waals surface area contributed by atoms with Crippen LogP contribution in [0.2, 0.25) is 0 Å². The zero-order valence-corrected chi connectivity index (χ0v) is 15.6. The molecule has 0 unspecified atom stereocenters. The average Bonchev–Trinajstić information content (AvgIpc) is 2.50. The van der Waals surface area contributed by atoms with Crippen LogP contribution in [0.1, 0.15) is 48.9 Å². The van der Waals surface area contributed by atoms with E-state index in [2.05, 4.69) is 52.0 Å². The van der Waals surface area contributed by atoms with Gasteiger partial charge in [0.2, 0.25) is 0 Å². The number of hydrogen-bond donors (Lipinski definition) is 1. The number of hydrogen-bond acceptors (Lipinski definition) is 2. The van der Waals surface area contributed by atoms with Gasteiger partial charge >= 0.3 is 5.97 Å². The maximum absolute atomic E-state index is 10.6. The third-order valence-corrected chi connectivity index (χ3v) is 4.22. The van der Waals surface area contributed by atoms with E-state index < -0.39 is 5.97 Å². The highest BCUT2D eigenvalue weighted by Gasteiger charge is 2.08. The monoisotopic (exact) mass is 328 g/mol. The quantitative estimate of drug-likeness (QED) is 0.539. The molecule has 1 rings (SSSR count). The van der Waals surface area contributed by atoms with Crippen LogP contribution in [0.25, 0.3) is 6.08 Å². The Morgan fingerprint density at radius 1 is 1.21 bits per heavy atom. The van der Waals surface area contributed by atoms with Gasteiger partial charge in [-0.1, -0.05) is 29.4 Å². The van der Waals surface area contributed by atoms with Crippen LogP contribution in [-0.4, -0.2) is 18.2 Å². The highest BCUT2D eigenvalue weighted by Crippen LogP contribution is 2.28. The lowest BCUT2D eigenvalue weighted by atomic mass is 9.96. The van der Waals surface area contributed by atoms with Gasteiger partial charge in [0, 0.05) is 6.08 Å². The zero-order valence-electron chi connectivity index (χ0n) is 15.6. The number of ether oxygens (including phenoxy) is 1. The van der Waals surface area contributed by atoms with E-state index in [1.807, 2.05) is 6.92 Å². The first-order chi connectivity index (χ1) is 11.3. The molecule has 130 valence electrons. The van der Waals surface area contributed by atoms with E-state index in [1.54, 1.807) is 7.11 Å². The minimum absolute atomic E-state index is 0.761. The molecule has 0 bridgehead atoms. The fraction of sp³-hybridized carbons (Fsp3) is 0.381. The Labute approximate surface area is 145 Å². The van der Waals surface area contributed by atoms with Gasteiger partial charge in [0.1, 0.15) is 5.75 Å². The molecule has 0 saturated carbocycles. The van der Waals surface area contributed by atoms with E-state index in [0.717, 1.165) is 24.2 Å². The SMILES string of the molecule is COc1cc(C)c(/C=C/C(C)=C/CC/C(C)=C/C(=O)O)c(C)c1C. The number of aliphatic carboxylic acids is 1. The average molecular weight is 328 g/mol. The predicted octanol–water partition coefficient (Wildman–Crippen LogP) is 5.39. The first-order valence-corrected chi connectivity index (χ1v) is 8.16. The van der Waals surface area contributed by atoms with Crippen molar-refractivity contribution in [1.29, 1.82) is 0 Å². The Morgan fingerprint density at radius 2 is 1.88 bits per heavy atom. The maximum atomic E-state index is 10.6. The van der Waals surface area contributed by atoms with Crippen LogP contribution in [0.15, 0.2) is 35.4 Å². The molecule has 0 saturated heterocycles. The second-order valence-corrected chi connectivity index (χ2v) is 6.21. The molecule has 0 aliphatic carbocycles. The molecule has 0 heterocycles. The zero-order chi connectivity index (χ0) is 18.3. The standard InChI is InChI=1S/C21H28O3/c1-14(8-7-9-15(2)12-21(22)23)10-11-19-16(3)13-20(24-6)18(5)17(19)4/h8,10-13H,7,9H2,1-6H3,(H,22,23)/b11-10+,14-8+,15-12+. The Hall–Kier alpha value is -2.29. The predicted molar refractivity (Wildman–Crippen MR) is 101 cm³/mol. The van der Waals surface area contributed by atoms with Crippen molar-refractivity contribution in [3.05, 3.63) is 57.7 Å². The summed E-state index contributed by atoms with van der Waals surface area (Å²) in [5.41, 5.74) is 6.87. The highest BCUT2D eigenvalue weighted by molar-refractivity contribution is 5.80. The minimum Gasteiger partial charge on any atom is -0.496 e. The largest absolute Gasteiger partial charge is 0.496 e. The van der Waals surface area contributed by atoms with Gasteiger partial charge in [-0.3, -0.25) is 0 Å². The normalized spacial score (nSPS) is 12.8. The molecule has 24 heavy (non-hydrogen) atoms. The van der Waals surface area contributed by atoms with Crippen molar-refractivity contribution in [2.24, 2.45) is 0 Å². The van der Waals surface area contributed by atoms with Gasteiger partial charge in [0.05, 0.1) is 7.11 Å². The van der Waals surface area contributed by atoms with Crippen LogP contribution >= 0.6 is 0 Å². The molecule has 3 nitrogen and oxygen atoms in total. The molecule has 0 atom stereocenters. The van der Waals surface area contributed by atoms with Crippen molar-refractivity contribution in [3.8, 4) is 5.75 Å². The van der Waals surface area contributed by atoms with Crippen LogP contribution in [0, 0.1) is 20.8 Å². The molecule has 0 fully saturated rings. The smallest absolute Gasteiger partial charge is 0.328 e. The summed E-state index contributed by atoms with van der Waals surface area (Å²) >= 11 is 0. The number of aryl methyl sites for hydroxylation is 1. The van der Waals surface area contributed by atoms with Gasteiger partial charge in [-0.2, -0.15) is 0 Å². The number of methoxy groups -OCH3 is 1. The molecule has 0 aliphatic rings.